The largest absolute Gasteiger partial charge is 0.339 e. The van der Waals surface area contributed by atoms with Gasteiger partial charge in [-0.15, -0.1) is 5.11 Å². The summed E-state index contributed by atoms with van der Waals surface area (Å²) in [7, 11) is 0. The highest BCUT2D eigenvalue weighted by molar-refractivity contribution is 5.75. The SMILES string of the molecule is O=C1NCCN1N=Nc1ccccc1. The summed E-state index contributed by atoms with van der Waals surface area (Å²) in [4.78, 5) is 11.1. The van der Waals surface area contributed by atoms with Gasteiger partial charge in [0, 0.05) is 6.54 Å². The molecule has 0 spiro atoms. The molecule has 0 saturated carbocycles. The maximum atomic E-state index is 11.1. The van der Waals surface area contributed by atoms with E-state index < -0.39 is 0 Å². The molecule has 5 nitrogen and oxygen atoms in total. The van der Waals surface area contributed by atoms with E-state index in [1.165, 1.54) is 5.01 Å². The van der Waals surface area contributed by atoms with Crippen molar-refractivity contribution >= 4 is 11.7 Å². The molecule has 0 radical (unpaired) electrons. The van der Waals surface area contributed by atoms with Crippen LogP contribution in [0.3, 0.4) is 0 Å². The summed E-state index contributed by atoms with van der Waals surface area (Å²) in [6.07, 6.45) is 0. The van der Waals surface area contributed by atoms with Gasteiger partial charge < -0.3 is 5.32 Å². The van der Waals surface area contributed by atoms with Gasteiger partial charge in [-0.1, -0.05) is 23.4 Å². The molecule has 1 saturated heterocycles. The summed E-state index contributed by atoms with van der Waals surface area (Å²) in [6, 6.07) is 9.12. The fourth-order valence-electron chi connectivity index (χ4n) is 1.15. The van der Waals surface area contributed by atoms with Gasteiger partial charge in [-0.3, -0.25) is 0 Å². The molecule has 72 valence electrons. The third kappa shape index (κ3) is 1.87. The standard InChI is InChI=1S/C9H10N4O/c14-9-10-6-7-13(9)12-11-8-4-2-1-3-5-8/h1-5H,6-7H2,(H,10,14). The first kappa shape index (κ1) is 8.68. The topological polar surface area (TPSA) is 57.1 Å². The molecule has 14 heavy (non-hydrogen) atoms. The Morgan fingerprint density at radius 1 is 1.29 bits per heavy atom. The Kier molecular flexibility index (Phi) is 2.40. The molecule has 1 aromatic carbocycles. The second-order valence-electron chi connectivity index (χ2n) is 2.88. The monoisotopic (exact) mass is 190 g/mol. The summed E-state index contributed by atoms with van der Waals surface area (Å²) in [6.45, 7) is 1.21. The van der Waals surface area contributed by atoms with Gasteiger partial charge in [0.2, 0.25) is 0 Å². The highest BCUT2D eigenvalue weighted by atomic mass is 16.2. The number of benzene rings is 1. The highest BCUT2D eigenvalue weighted by Crippen LogP contribution is 2.11. The Balaban J connectivity index is 2.03. The normalized spacial score (nSPS) is 16.3. The van der Waals surface area contributed by atoms with Gasteiger partial charge in [0.25, 0.3) is 0 Å². The van der Waals surface area contributed by atoms with Gasteiger partial charge in [0.05, 0.1) is 12.2 Å². The van der Waals surface area contributed by atoms with Crippen molar-refractivity contribution in [2.45, 2.75) is 0 Å². The lowest BCUT2D eigenvalue weighted by molar-refractivity contribution is 0.216. The Morgan fingerprint density at radius 2 is 2.07 bits per heavy atom. The fraction of sp³-hybridized carbons (Fsp3) is 0.222. The van der Waals surface area contributed by atoms with E-state index in [1.54, 1.807) is 0 Å². The molecule has 1 heterocycles. The van der Waals surface area contributed by atoms with Crippen LogP contribution in [0.5, 0.6) is 0 Å². The van der Waals surface area contributed by atoms with Gasteiger partial charge in [0.1, 0.15) is 0 Å². The number of carbonyl (C=O) groups is 1. The van der Waals surface area contributed by atoms with Crippen LogP contribution in [-0.4, -0.2) is 24.1 Å². The number of amides is 2. The minimum Gasteiger partial charge on any atom is -0.335 e. The first-order valence-electron chi connectivity index (χ1n) is 4.38. The van der Waals surface area contributed by atoms with Crippen molar-refractivity contribution in [1.82, 2.24) is 10.3 Å². The van der Waals surface area contributed by atoms with Crippen LogP contribution in [0.15, 0.2) is 40.7 Å². The molecule has 1 fully saturated rings. The summed E-state index contributed by atoms with van der Waals surface area (Å²) < 4.78 is 0. The molecule has 0 aliphatic carbocycles. The van der Waals surface area contributed by atoms with Crippen LogP contribution in [0, 0.1) is 0 Å². The number of nitrogens with zero attached hydrogens (tertiary/aromatic N) is 3. The fourth-order valence-corrected chi connectivity index (χ4v) is 1.15. The molecule has 2 rings (SSSR count). The van der Waals surface area contributed by atoms with Crippen molar-refractivity contribution in [2.24, 2.45) is 10.3 Å². The summed E-state index contributed by atoms with van der Waals surface area (Å²) in [5.74, 6) is 0. The molecule has 1 aromatic rings. The van der Waals surface area contributed by atoms with E-state index in [0.29, 0.717) is 13.1 Å². The number of hydrogen-bond donors (Lipinski definition) is 1. The van der Waals surface area contributed by atoms with Gasteiger partial charge >= 0.3 is 6.03 Å². The van der Waals surface area contributed by atoms with E-state index in [2.05, 4.69) is 15.7 Å². The van der Waals surface area contributed by atoms with Crippen molar-refractivity contribution in [3.05, 3.63) is 30.3 Å². The Labute approximate surface area is 81.4 Å². The zero-order valence-electron chi connectivity index (χ0n) is 7.55. The lowest BCUT2D eigenvalue weighted by atomic mass is 10.3. The van der Waals surface area contributed by atoms with Crippen LogP contribution in [-0.2, 0) is 0 Å². The molecule has 0 unspecified atom stereocenters. The molecule has 2 amide bonds. The molecule has 5 heteroatoms. The molecular formula is C9H10N4O. The Hall–Kier alpha value is -1.91. The molecule has 0 atom stereocenters. The lowest BCUT2D eigenvalue weighted by Gasteiger charge is -2.02. The van der Waals surface area contributed by atoms with Crippen molar-refractivity contribution in [3.8, 4) is 0 Å². The maximum Gasteiger partial charge on any atom is 0.339 e. The van der Waals surface area contributed by atoms with E-state index >= 15 is 0 Å². The van der Waals surface area contributed by atoms with Crippen LogP contribution >= 0.6 is 0 Å². The van der Waals surface area contributed by atoms with Crippen LogP contribution in [0.1, 0.15) is 0 Å². The van der Waals surface area contributed by atoms with Crippen molar-refractivity contribution in [2.75, 3.05) is 13.1 Å². The number of nitrogens with one attached hydrogen (secondary N) is 1. The van der Waals surface area contributed by atoms with E-state index in [1.807, 2.05) is 30.3 Å². The van der Waals surface area contributed by atoms with Gasteiger partial charge in [-0.2, -0.15) is 5.01 Å². The Morgan fingerprint density at radius 3 is 2.71 bits per heavy atom. The van der Waals surface area contributed by atoms with E-state index in [-0.39, 0.29) is 6.03 Å². The van der Waals surface area contributed by atoms with Crippen LogP contribution in [0.25, 0.3) is 0 Å². The van der Waals surface area contributed by atoms with Crippen molar-refractivity contribution in [1.29, 1.82) is 0 Å². The molecule has 0 bridgehead atoms. The predicted octanol–water partition coefficient (Wildman–Crippen LogP) is 1.71. The molecule has 1 aliphatic rings. The van der Waals surface area contributed by atoms with E-state index in [4.69, 9.17) is 0 Å². The molecular weight excluding hydrogens is 180 g/mol. The third-order valence-corrected chi connectivity index (χ3v) is 1.86. The summed E-state index contributed by atoms with van der Waals surface area (Å²) >= 11 is 0. The second-order valence-corrected chi connectivity index (χ2v) is 2.88. The Bertz CT molecular complexity index is 349. The van der Waals surface area contributed by atoms with E-state index in [0.717, 1.165) is 5.69 Å². The first-order valence-corrected chi connectivity index (χ1v) is 4.38. The predicted molar refractivity (Wildman–Crippen MR) is 51.1 cm³/mol. The first-order chi connectivity index (χ1) is 6.86. The lowest BCUT2D eigenvalue weighted by Crippen LogP contribution is -2.22. The number of urea groups is 1. The smallest absolute Gasteiger partial charge is 0.335 e. The average Bonchev–Trinajstić information content (AvgIpc) is 2.63. The number of carbonyl (C=O) groups excluding carboxylic acids is 1. The minimum atomic E-state index is -0.190. The van der Waals surface area contributed by atoms with Gasteiger partial charge in [-0.25, -0.2) is 4.79 Å². The second kappa shape index (κ2) is 3.87. The van der Waals surface area contributed by atoms with Gasteiger partial charge in [0.15, 0.2) is 0 Å². The molecule has 1 N–H and O–H groups in total. The summed E-state index contributed by atoms with van der Waals surface area (Å²) in [5, 5.41) is 11.7. The molecule has 0 aromatic heterocycles. The summed E-state index contributed by atoms with van der Waals surface area (Å²) in [5.41, 5.74) is 0.743. The number of rotatable bonds is 2. The third-order valence-electron chi connectivity index (χ3n) is 1.86. The zero-order chi connectivity index (χ0) is 9.80. The maximum absolute atomic E-state index is 11.1. The van der Waals surface area contributed by atoms with Crippen LogP contribution in [0.2, 0.25) is 0 Å². The highest BCUT2D eigenvalue weighted by Gasteiger charge is 2.18. The van der Waals surface area contributed by atoms with Gasteiger partial charge in [-0.05, 0) is 12.1 Å². The molecule has 1 aliphatic heterocycles. The minimum absolute atomic E-state index is 0.190. The van der Waals surface area contributed by atoms with Crippen LogP contribution in [0.4, 0.5) is 10.5 Å². The number of hydrogen-bond acceptors (Lipinski definition) is 3. The zero-order valence-corrected chi connectivity index (χ0v) is 7.55. The van der Waals surface area contributed by atoms with Crippen molar-refractivity contribution in [3.63, 3.8) is 0 Å². The quantitative estimate of drug-likeness (QED) is 0.709. The van der Waals surface area contributed by atoms with E-state index in [9.17, 15) is 4.79 Å². The van der Waals surface area contributed by atoms with Crippen LogP contribution < -0.4 is 5.32 Å². The van der Waals surface area contributed by atoms with Crippen molar-refractivity contribution < 1.29 is 4.79 Å². The average molecular weight is 190 g/mol.